The predicted octanol–water partition coefficient (Wildman–Crippen LogP) is 4.49. The number of benzene rings is 2. The third kappa shape index (κ3) is 2.51. The normalized spacial score (nSPS) is 12.5. The first-order chi connectivity index (χ1) is 8.50. The second-order valence-corrected chi connectivity index (χ2v) is 4.91. The third-order valence-electron chi connectivity index (χ3n) is 2.94. The minimum absolute atomic E-state index is 0.357. The zero-order valence-corrected chi connectivity index (χ0v) is 11.3. The average Bonchev–Trinajstić information content (AvgIpc) is 2.35. The molecule has 0 radical (unpaired) electrons. The Labute approximate surface area is 115 Å². The Morgan fingerprint density at radius 1 is 1.06 bits per heavy atom. The lowest BCUT2D eigenvalue weighted by Gasteiger charge is -2.17. The van der Waals surface area contributed by atoms with Crippen LogP contribution < -0.4 is 5.73 Å². The Balaban J connectivity index is 2.51. The Morgan fingerprint density at radius 3 is 2.50 bits per heavy atom. The monoisotopic (exact) mass is 283 g/mol. The van der Waals surface area contributed by atoms with Gasteiger partial charge in [0.25, 0.3) is 0 Å². The van der Waals surface area contributed by atoms with Crippen molar-refractivity contribution in [2.45, 2.75) is 13.0 Å². The summed E-state index contributed by atoms with van der Waals surface area (Å²) in [6.07, 6.45) is 0. The Morgan fingerprint density at radius 2 is 1.78 bits per heavy atom. The molecule has 0 saturated carbocycles. The SMILES string of the molecule is Cc1c(Cl)cccc1C(N)c1cc(F)ccc1Cl. The summed E-state index contributed by atoms with van der Waals surface area (Å²) in [5.74, 6) is -0.357. The zero-order valence-electron chi connectivity index (χ0n) is 9.75. The molecule has 0 aromatic heterocycles. The largest absolute Gasteiger partial charge is 0.320 e. The first-order valence-corrected chi connectivity index (χ1v) is 6.22. The molecule has 0 aliphatic rings. The van der Waals surface area contributed by atoms with Crippen LogP contribution in [-0.2, 0) is 0 Å². The van der Waals surface area contributed by atoms with E-state index >= 15 is 0 Å². The van der Waals surface area contributed by atoms with Crippen LogP contribution in [0.3, 0.4) is 0 Å². The lowest BCUT2D eigenvalue weighted by molar-refractivity contribution is 0.623. The number of hydrogen-bond acceptors (Lipinski definition) is 1. The van der Waals surface area contributed by atoms with Gasteiger partial charge in [-0.3, -0.25) is 0 Å². The lowest BCUT2D eigenvalue weighted by atomic mass is 9.95. The van der Waals surface area contributed by atoms with Crippen LogP contribution in [0.5, 0.6) is 0 Å². The van der Waals surface area contributed by atoms with Crippen LogP contribution >= 0.6 is 23.2 Å². The van der Waals surface area contributed by atoms with Crippen molar-refractivity contribution in [3.05, 3.63) is 69.0 Å². The van der Waals surface area contributed by atoms with Gasteiger partial charge in [-0.25, -0.2) is 4.39 Å². The molecule has 0 amide bonds. The van der Waals surface area contributed by atoms with Crippen molar-refractivity contribution in [1.29, 1.82) is 0 Å². The van der Waals surface area contributed by atoms with Gasteiger partial charge in [-0.2, -0.15) is 0 Å². The molecule has 2 rings (SSSR count). The molecule has 0 bridgehead atoms. The van der Waals surface area contributed by atoms with E-state index in [1.807, 2.05) is 19.1 Å². The summed E-state index contributed by atoms with van der Waals surface area (Å²) in [6.45, 7) is 1.88. The summed E-state index contributed by atoms with van der Waals surface area (Å²) < 4.78 is 13.3. The number of halogens is 3. The molecule has 1 nitrogen and oxygen atoms in total. The second-order valence-electron chi connectivity index (χ2n) is 4.10. The second kappa shape index (κ2) is 5.27. The van der Waals surface area contributed by atoms with E-state index < -0.39 is 6.04 Å². The summed E-state index contributed by atoms with van der Waals surface area (Å²) in [4.78, 5) is 0. The van der Waals surface area contributed by atoms with Gasteiger partial charge in [-0.1, -0.05) is 35.3 Å². The van der Waals surface area contributed by atoms with Crippen molar-refractivity contribution in [1.82, 2.24) is 0 Å². The van der Waals surface area contributed by atoms with Crippen molar-refractivity contribution in [3.8, 4) is 0 Å². The standard InChI is InChI=1S/C14H12Cl2FN/c1-8-10(3-2-4-12(8)15)14(18)11-7-9(17)5-6-13(11)16/h2-7,14H,18H2,1H3. The fraction of sp³-hybridized carbons (Fsp3) is 0.143. The van der Waals surface area contributed by atoms with E-state index in [9.17, 15) is 4.39 Å². The minimum atomic E-state index is -0.494. The Hall–Kier alpha value is -1.09. The summed E-state index contributed by atoms with van der Waals surface area (Å²) in [6, 6.07) is 9.15. The lowest BCUT2D eigenvalue weighted by Crippen LogP contribution is -2.14. The van der Waals surface area contributed by atoms with Crippen LogP contribution in [0, 0.1) is 12.7 Å². The summed E-state index contributed by atoms with van der Waals surface area (Å²) in [5, 5.41) is 1.08. The van der Waals surface area contributed by atoms with Gasteiger partial charge < -0.3 is 5.73 Å². The fourth-order valence-electron chi connectivity index (χ4n) is 1.88. The number of rotatable bonds is 2. The van der Waals surface area contributed by atoms with Crippen LogP contribution in [-0.4, -0.2) is 0 Å². The average molecular weight is 284 g/mol. The zero-order chi connectivity index (χ0) is 13.3. The first-order valence-electron chi connectivity index (χ1n) is 5.46. The van der Waals surface area contributed by atoms with E-state index in [2.05, 4.69) is 0 Å². The van der Waals surface area contributed by atoms with Crippen LogP contribution in [0.15, 0.2) is 36.4 Å². The van der Waals surface area contributed by atoms with E-state index in [0.717, 1.165) is 11.1 Å². The van der Waals surface area contributed by atoms with Crippen molar-refractivity contribution in [3.63, 3.8) is 0 Å². The quantitative estimate of drug-likeness (QED) is 0.864. The van der Waals surface area contributed by atoms with Crippen molar-refractivity contribution in [2.24, 2.45) is 5.73 Å². The van der Waals surface area contributed by atoms with Gasteiger partial charge in [-0.05, 0) is 47.9 Å². The van der Waals surface area contributed by atoms with Crippen molar-refractivity contribution >= 4 is 23.2 Å². The molecule has 18 heavy (non-hydrogen) atoms. The van der Waals surface area contributed by atoms with Crippen LogP contribution in [0.4, 0.5) is 4.39 Å². The van der Waals surface area contributed by atoms with Crippen LogP contribution in [0.1, 0.15) is 22.7 Å². The highest BCUT2D eigenvalue weighted by Gasteiger charge is 2.16. The molecule has 0 spiro atoms. The minimum Gasteiger partial charge on any atom is -0.320 e. The van der Waals surface area contributed by atoms with Gasteiger partial charge in [-0.15, -0.1) is 0 Å². The molecule has 0 aliphatic carbocycles. The van der Waals surface area contributed by atoms with E-state index in [0.29, 0.717) is 15.6 Å². The maximum atomic E-state index is 13.3. The Kier molecular flexibility index (Phi) is 3.91. The van der Waals surface area contributed by atoms with Gasteiger partial charge in [0.1, 0.15) is 5.82 Å². The molecule has 2 aromatic carbocycles. The summed E-state index contributed by atoms with van der Waals surface area (Å²) in [7, 11) is 0. The summed E-state index contributed by atoms with van der Waals surface area (Å²) >= 11 is 12.1. The van der Waals surface area contributed by atoms with Gasteiger partial charge in [0.15, 0.2) is 0 Å². The highest BCUT2D eigenvalue weighted by molar-refractivity contribution is 6.32. The highest BCUT2D eigenvalue weighted by atomic mass is 35.5. The molecule has 94 valence electrons. The van der Waals surface area contributed by atoms with Gasteiger partial charge in [0.2, 0.25) is 0 Å². The molecule has 2 aromatic rings. The van der Waals surface area contributed by atoms with Crippen molar-refractivity contribution in [2.75, 3.05) is 0 Å². The van der Waals surface area contributed by atoms with E-state index in [1.54, 1.807) is 6.07 Å². The maximum Gasteiger partial charge on any atom is 0.123 e. The molecule has 2 N–H and O–H groups in total. The highest BCUT2D eigenvalue weighted by Crippen LogP contribution is 2.31. The molecular weight excluding hydrogens is 272 g/mol. The molecule has 4 heteroatoms. The maximum absolute atomic E-state index is 13.3. The topological polar surface area (TPSA) is 26.0 Å². The Bertz CT molecular complexity index is 582. The molecule has 0 aliphatic heterocycles. The van der Waals surface area contributed by atoms with Crippen LogP contribution in [0.25, 0.3) is 0 Å². The van der Waals surface area contributed by atoms with Crippen LogP contribution in [0.2, 0.25) is 10.0 Å². The summed E-state index contributed by atoms with van der Waals surface area (Å²) in [5.41, 5.74) is 8.43. The number of hydrogen-bond donors (Lipinski definition) is 1. The first kappa shape index (κ1) is 13.3. The predicted molar refractivity (Wildman–Crippen MR) is 73.6 cm³/mol. The third-order valence-corrected chi connectivity index (χ3v) is 3.69. The molecular formula is C14H12Cl2FN. The van der Waals surface area contributed by atoms with E-state index in [-0.39, 0.29) is 5.82 Å². The molecule has 0 saturated heterocycles. The van der Waals surface area contributed by atoms with E-state index in [1.165, 1.54) is 18.2 Å². The van der Waals surface area contributed by atoms with Gasteiger partial charge in [0.05, 0.1) is 6.04 Å². The molecule has 0 heterocycles. The fourth-order valence-corrected chi connectivity index (χ4v) is 2.30. The van der Waals surface area contributed by atoms with Gasteiger partial charge >= 0.3 is 0 Å². The van der Waals surface area contributed by atoms with Crippen molar-refractivity contribution < 1.29 is 4.39 Å². The molecule has 1 atom stereocenters. The smallest absolute Gasteiger partial charge is 0.123 e. The van der Waals surface area contributed by atoms with E-state index in [4.69, 9.17) is 28.9 Å². The molecule has 1 unspecified atom stereocenters. The number of nitrogens with two attached hydrogens (primary N) is 1. The molecule has 0 fully saturated rings. The van der Waals surface area contributed by atoms with Gasteiger partial charge in [0, 0.05) is 10.0 Å².